The van der Waals surface area contributed by atoms with Gasteiger partial charge in [0.05, 0.1) is 7.11 Å². The lowest BCUT2D eigenvalue weighted by molar-refractivity contribution is 0.202. The van der Waals surface area contributed by atoms with E-state index in [1.807, 2.05) is 6.92 Å². The van der Waals surface area contributed by atoms with Crippen LogP contribution < -0.4 is 10.5 Å². The fourth-order valence-electron chi connectivity index (χ4n) is 2.66. The lowest BCUT2D eigenvalue weighted by Gasteiger charge is -2.37. The number of piperidine rings is 1. The van der Waals surface area contributed by atoms with Gasteiger partial charge in [0.15, 0.2) is 0 Å². The van der Waals surface area contributed by atoms with E-state index >= 15 is 0 Å². The van der Waals surface area contributed by atoms with Crippen molar-refractivity contribution in [2.75, 3.05) is 19.4 Å². The summed E-state index contributed by atoms with van der Waals surface area (Å²) < 4.78 is 32.5. The van der Waals surface area contributed by atoms with Gasteiger partial charge in [-0.3, -0.25) is 0 Å². The topological polar surface area (TPSA) is 72.6 Å². The molecule has 0 amide bonds. The van der Waals surface area contributed by atoms with Gasteiger partial charge < -0.3 is 10.5 Å². The van der Waals surface area contributed by atoms with Crippen molar-refractivity contribution in [3.05, 3.63) is 18.2 Å². The van der Waals surface area contributed by atoms with E-state index in [1.54, 1.807) is 16.4 Å². The molecule has 1 aromatic rings. The maximum Gasteiger partial charge on any atom is 0.247 e. The van der Waals surface area contributed by atoms with Crippen LogP contribution in [0, 0.1) is 5.92 Å². The number of sulfonamides is 1. The highest BCUT2D eigenvalue weighted by atomic mass is 32.2. The van der Waals surface area contributed by atoms with Crippen LogP contribution in [0.15, 0.2) is 23.1 Å². The second kappa shape index (κ2) is 5.61. The summed E-state index contributed by atoms with van der Waals surface area (Å²) in [6.45, 7) is 4.59. The van der Waals surface area contributed by atoms with Crippen molar-refractivity contribution >= 4 is 15.7 Å². The van der Waals surface area contributed by atoms with Crippen LogP contribution >= 0.6 is 0 Å². The van der Waals surface area contributed by atoms with Crippen LogP contribution in [0.25, 0.3) is 0 Å². The third-order valence-electron chi connectivity index (χ3n) is 4.09. The summed E-state index contributed by atoms with van der Waals surface area (Å²) in [5, 5.41) is 0. The van der Waals surface area contributed by atoms with Crippen molar-refractivity contribution in [2.24, 2.45) is 5.92 Å². The Morgan fingerprint density at radius 3 is 2.70 bits per heavy atom. The predicted molar refractivity (Wildman–Crippen MR) is 79.2 cm³/mol. The van der Waals surface area contributed by atoms with Crippen LogP contribution in [0.3, 0.4) is 0 Å². The number of hydrogen-bond donors (Lipinski definition) is 1. The Morgan fingerprint density at radius 1 is 1.35 bits per heavy atom. The van der Waals surface area contributed by atoms with Gasteiger partial charge in [0.2, 0.25) is 10.0 Å². The van der Waals surface area contributed by atoms with Crippen LogP contribution in [-0.2, 0) is 10.0 Å². The molecule has 2 rings (SSSR count). The van der Waals surface area contributed by atoms with E-state index in [1.165, 1.54) is 13.2 Å². The Kier molecular flexibility index (Phi) is 4.25. The first-order valence-electron chi connectivity index (χ1n) is 6.83. The minimum Gasteiger partial charge on any atom is -0.495 e. The van der Waals surface area contributed by atoms with E-state index in [0.29, 0.717) is 23.9 Å². The zero-order valence-corrected chi connectivity index (χ0v) is 13.0. The summed E-state index contributed by atoms with van der Waals surface area (Å²) in [6.07, 6.45) is 1.94. The van der Waals surface area contributed by atoms with E-state index in [9.17, 15) is 8.42 Å². The largest absolute Gasteiger partial charge is 0.495 e. The molecule has 1 aliphatic rings. The molecule has 0 spiro atoms. The zero-order chi connectivity index (χ0) is 14.9. The minimum atomic E-state index is -3.58. The summed E-state index contributed by atoms with van der Waals surface area (Å²) in [5.74, 6) is 0.690. The number of nitrogens with zero attached hydrogens (tertiary/aromatic N) is 1. The van der Waals surface area contributed by atoms with Crippen LogP contribution in [0.4, 0.5) is 5.69 Å². The van der Waals surface area contributed by atoms with E-state index in [4.69, 9.17) is 10.5 Å². The molecule has 0 bridgehead atoms. The van der Waals surface area contributed by atoms with E-state index < -0.39 is 10.0 Å². The highest BCUT2D eigenvalue weighted by molar-refractivity contribution is 7.89. The van der Waals surface area contributed by atoms with Gasteiger partial charge in [-0.05, 0) is 43.9 Å². The maximum absolute atomic E-state index is 12.9. The van der Waals surface area contributed by atoms with Gasteiger partial charge in [0.25, 0.3) is 0 Å². The van der Waals surface area contributed by atoms with Gasteiger partial charge in [-0.15, -0.1) is 0 Å². The van der Waals surface area contributed by atoms with E-state index in [-0.39, 0.29) is 10.9 Å². The highest BCUT2D eigenvalue weighted by Gasteiger charge is 2.36. The minimum absolute atomic E-state index is 0.0140. The molecule has 0 aromatic heterocycles. The highest BCUT2D eigenvalue weighted by Crippen LogP contribution is 2.33. The Bertz CT molecular complexity index is 586. The molecule has 2 N–H and O–H groups in total. The SMILES string of the molecule is COc1ccc(N)cc1S(=O)(=O)N1CCCC(C)C1C. The molecular weight excluding hydrogens is 276 g/mol. The Balaban J connectivity index is 2.47. The quantitative estimate of drug-likeness (QED) is 0.867. The third kappa shape index (κ3) is 2.62. The van der Waals surface area contributed by atoms with Crippen LogP contribution in [0.2, 0.25) is 0 Å². The van der Waals surface area contributed by atoms with Crippen molar-refractivity contribution in [3.63, 3.8) is 0 Å². The third-order valence-corrected chi connectivity index (χ3v) is 6.10. The van der Waals surface area contributed by atoms with Crippen molar-refractivity contribution in [3.8, 4) is 5.75 Å². The molecule has 0 aliphatic carbocycles. The van der Waals surface area contributed by atoms with Gasteiger partial charge >= 0.3 is 0 Å². The van der Waals surface area contributed by atoms with Crippen molar-refractivity contribution < 1.29 is 13.2 Å². The molecule has 6 heteroatoms. The lowest BCUT2D eigenvalue weighted by atomic mass is 9.94. The second-order valence-corrected chi connectivity index (χ2v) is 7.25. The van der Waals surface area contributed by atoms with E-state index in [0.717, 1.165) is 12.8 Å². The first-order valence-corrected chi connectivity index (χ1v) is 8.27. The number of nitrogens with two attached hydrogens (primary N) is 1. The summed E-state index contributed by atoms with van der Waals surface area (Å²) in [5.41, 5.74) is 6.15. The molecule has 112 valence electrons. The monoisotopic (exact) mass is 298 g/mol. The molecule has 0 saturated carbocycles. The zero-order valence-electron chi connectivity index (χ0n) is 12.2. The van der Waals surface area contributed by atoms with Gasteiger partial charge in [0, 0.05) is 18.3 Å². The average molecular weight is 298 g/mol. The molecule has 1 aliphatic heterocycles. The molecule has 1 aromatic carbocycles. The van der Waals surface area contributed by atoms with Gasteiger partial charge in [-0.25, -0.2) is 8.42 Å². The normalized spacial score (nSPS) is 24.6. The standard InChI is InChI=1S/C14H22N2O3S/c1-10-5-4-8-16(11(10)2)20(17,18)14-9-12(15)6-7-13(14)19-3/h6-7,9-11H,4-5,8,15H2,1-3H3. The Morgan fingerprint density at radius 2 is 2.05 bits per heavy atom. The fourth-order valence-corrected chi connectivity index (χ4v) is 4.62. The summed E-state index contributed by atoms with van der Waals surface area (Å²) in [4.78, 5) is 0.154. The fraction of sp³-hybridized carbons (Fsp3) is 0.571. The molecular formula is C14H22N2O3S. The van der Waals surface area contributed by atoms with Crippen LogP contribution in [0.5, 0.6) is 5.75 Å². The number of hydrogen-bond acceptors (Lipinski definition) is 4. The first-order chi connectivity index (χ1) is 9.37. The van der Waals surface area contributed by atoms with E-state index in [2.05, 4.69) is 6.92 Å². The van der Waals surface area contributed by atoms with Crippen molar-refractivity contribution in [2.45, 2.75) is 37.6 Å². The summed E-state index contributed by atoms with van der Waals surface area (Å²) in [7, 11) is -2.12. The number of methoxy groups -OCH3 is 1. The summed E-state index contributed by atoms with van der Waals surface area (Å²) in [6, 6.07) is 4.69. The van der Waals surface area contributed by atoms with Crippen molar-refractivity contribution in [1.29, 1.82) is 0 Å². The number of benzene rings is 1. The lowest BCUT2D eigenvalue weighted by Crippen LogP contribution is -2.45. The Hall–Kier alpha value is -1.27. The smallest absolute Gasteiger partial charge is 0.247 e. The summed E-state index contributed by atoms with van der Waals surface area (Å²) >= 11 is 0. The molecule has 5 nitrogen and oxygen atoms in total. The Labute approximate surface area is 120 Å². The average Bonchev–Trinajstić information content (AvgIpc) is 2.41. The molecule has 2 atom stereocenters. The second-order valence-electron chi connectivity index (χ2n) is 5.39. The molecule has 1 saturated heterocycles. The van der Waals surface area contributed by atoms with Crippen LogP contribution in [0.1, 0.15) is 26.7 Å². The van der Waals surface area contributed by atoms with Gasteiger partial charge in [0.1, 0.15) is 10.6 Å². The first kappa shape index (κ1) is 15.1. The molecule has 2 unspecified atom stereocenters. The maximum atomic E-state index is 12.9. The van der Waals surface area contributed by atoms with Gasteiger partial charge in [-0.1, -0.05) is 6.92 Å². The molecule has 1 fully saturated rings. The number of nitrogen functional groups attached to an aromatic ring is 1. The number of rotatable bonds is 3. The molecule has 1 heterocycles. The van der Waals surface area contributed by atoms with Crippen LogP contribution in [-0.4, -0.2) is 32.4 Å². The van der Waals surface area contributed by atoms with Crippen molar-refractivity contribution in [1.82, 2.24) is 4.31 Å². The van der Waals surface area contributed by atoms with Gasteiger partial charge in [-0.2, -0.15) is 4.31 Å². The molecule has 20 heavy (non-hydrogen) atoms. The number of anilines is 1. The molecule has 0 radical (unpaired) electrons. The number of ether oxygens (including phenoxy) is 1. The predicted octanol–water partition coefficient (Wildman–Crippen LogP) is 2.09.